The second-order valence-electron chi connectivity index (χ2n) is 5.82. The number of methoxy groups -OCH3 is 2. The van der Waals surface area contributed by atoms with E-state index < -0.39 is 12.3 Å². The Labute approximate surface area is 159 Å². The molecule has 1 aromatic rings. The molecule has 27 heavy (non-hydrogen) atoms. The summed E-state index contributed by atoms with van der Waals surface area (Å²) in [5.74, 6) is 11.6. The van der Waals surface area contributed by atoms with Gasteiger partial charge in [0.25, 0.3) is 0 Å². The van der Waals surface area contributed by atoms with Gasteiger partial charge >= 0.3 is 5.97 Å². The van der Waals surface area contributed by atoms with Gasteiger partial charge in [0.05, 0.1) is 19.2 Å². The van der Waals surface area contributed by atoms with Crippen molar-refractivity contribution >= 4 is 12.2 Å². The molecule has 0 saturated carbocycles. The normalized spacial score (nSPS) is 16.3. The Morgan fingerprint density at radius 3 is 2.81 bits per heavy atom. The molecule has 0 aliphatic carbocycles. The summed E-state index contributed by atoms with van der Waals surface area (Å²) in [7, 11) is 2.79. The number of hydrogen-bond donors (Lipinski definition) is 1. The molecule has 140 valence electrons. The van der Waals surface area contributed by atoms with Crippen LogP contribution in [0.2, 0.25) is 0 Å². The minimum absolute atomic E-state index is 0.162. The van der Waals surface area contributed by atoms with E-state index in [0.717, 1.165) is 12.0 Å². The van der Waals surface area contributed by atoms with E-state index >= 15 is 0 Å². The van der Waals surface area contributed by atoms with Gasteiger partial charge in [-0.2, -0.15) is 0 Å². The molecule has 0 aromatic carbocycles. The molecule has 2 heterocycles. The van der Waals surface area contributed by atoms with E-state index in [2.05, 4.69) is 38.4 Å². The van der Waals surface area contributed by atoms with E-state index in [4.69, 9.17) is 4.74 Å². The number of aliphatic hydroxyl groups excluding tert-OH is 1. The Hall–Kier alpha value is -2.93. The summed E-state index contributed by atoms with van der Waals surface area (Å²) in [6.07, 6.45) is 8.03. The van der Waals surface area contributed by atoms with Crippen LogP contribution in [0.15, 0.2) is 35.1 Å². The first-order valence-electron chi connectivity index (χ1n) is 8.57. The van der Waals surface area contributed by atoms with Crippen molar-refractivity contribution in [2.75, 3.05) is 20.8 Å². The van der Waals surface area contributed by atoms with Gasteiger partial charge in [0.15, 0.2) is 6.29 Å². The van der Waals surface area contributed by atoms with Gasteiger partial charge in [0.1, 0.15) is 0 Å². The molecule has 6 heteroatoms. The van der Waals surface area contributed by atoms with Crippen LogP contribution in [0.3, 0.4) is 0 Å². The van der Waals surface area contributed by atoms with E-state index in [-0.39, 0.29) is 5.92 Å². The van der Waals surface area contributed by atoms with Crippen LogP contribution in [0.5, 0.6) is 0 Å². The highest BCUT2D eigenvalue weighted by molar-refractivity contribution is 5.89. The second kappa shape index (κ2) is 10.9. The van der Waals surface area contributed by atoms with Crippen LogP contribution in [0, 0.1) is 29.6 Å². The molecule has 0 saturated heterocycles. The standard InChI is InChI=1S/C21H22N2O4/c1-26-20(24)18-10-16(12-22-14-18)8-6-4-3-5-7-9-17-11-19(15-23-13-17)21(25)27-2/h10-14,19,21,25H,3-5,15H2,1-2H3. The Balaban J connectivity index is 1.80. The van der Waals surface area contributed by atoms with Crippen molar-refractivity contribution in [1.82, 2.24) is 4.98 Å². The predicted octanol–water partition coefficient (Wildman–Crippen LogP) is 1.99. The molecule has 1 N–H and O–H groups in total. The molecule has 6 nitrogen and oxygen atoms in total. The van der Waals surface area contributed by atoms with Crippen molar-refractivity contribution in [2.24, 2.45) is 10.9 Å². The lowest BCUT2D eigenvalue weighted by Crippen LogP contribution is -2.25. The summed E-state index contributed by atoms with van der Waals surface area (Å²) < 4.78 is 9.58. The fourth-order valence-electron chi connectivity index (χ4n) is 2.35. The zero-order chi connectivity index (χ0) is 19.5. The molecule has 0 radical (unpaired) electrons. The van der Waals surface area contributed by atoms with Crippen molar-refractivity contribution in [1.29, 1.82) is 0 Å². The average Bonchev–Trinajstić information content (AvgIpc) is 2.72. The van der Waals surface area contributed by atoms with Gasteiger partial charge < -0.3 is 14.6 Å². The summed E-state index contributed by atoms with van der Waals surface area (Å²) in [4.78, 5) is 19.6. The Kier molecular flexibility index (Phi) is 8.25. The van der Waals surface area contributed by atoms with Crippen LogP contribution in [-0.4, -0.2) is 49.3 Å². The molecule has 0 spiro atoms. The number of hydrogen-bond acceptors (Lipinski definition) is 6. The maximum atomic E-state index is 11.5. The Morgan fingerprint density at radius 1 is 1.30 bits per heavy atom. The van der Waals surface area contributed by atoms with Crippen molar-refractivity contribution < 1.29 is 19.4 Å². The number of aliphatic imine (C=N–C) groups is 1. The topological polar surface area (TPSA) is 81.0 Å². The predicted molar refractivity (Wildman–Crippen MR) is 102 cm³/mol. The van der Waals surface area contributed by atoms with Gasteiger partial charge in [-0.05, 0) is 12.5 Å². The summed E-state index contributed by atoms with van der Waals surface area (Å²) in [5, 5.41) is 9.69. The SMILES string of the molecule is COC(=O)c1cncc(C#CCCCC#CC2=CC(C(O)OC)CN=C2)c1. The van der Waals surface area contributed by atoms with Crippen molar-refractivity contribution in [3.05, 3.63) is 41.2 Å². The Morgan fingerprint density at radius 2 is 2.07 bits per heavy atom. The number of allylic oxidation sites excluding steroid dienone is 1. The van der Waals surface area contributed by atoms with Crippen LogP contribution in [0.4, 0.5) is 0 Å². The van der Waals surface area contributed by atoms with E-state index in [1.54, 1.807) is 18.5 Å². The molecule has 2 rings (SSSR count). The average molecular weight is 366 g/mol. The van der Waals surface area contributed by atoms with Crippen molar-refractivity contribution in [3.63, 3.8) is 0 Å². The van der Waals surface area contributed by atoms with Crippen LogP contribution in [0.25, 0.3) is 0 Å². The summed E-state index contributed by atoms with van der Waals surface area (Å²) in [5.41, 5.74) is 1.85. The lowest BCUT2D eigenvalue weighted by molar-refractivity contribution is -0.0980. The number of nitrogens with zero attached hydrogens (tertiary/aromatic N) is 2. The van der Waals surface area contributed by atoms with E-state index in [1.165, 1.54) is 20.4 Å². The fraction of sp³-hybridized carbons (Fsp3) is 0.381. The first-order valence-corrected chi connectivity index (χ1v) is 8.57. The molecule has 0 amide bonds. The number of pyridine rings is 1. The smallest absolute Gasteiger partial charge is 0.339 e. The van der Waals surface area contributed by atoms with Crippen LogP contribution in [-0.2, 0) is 9.47 Å². The number of unbranched alkanes of at least 4 members (excludes halogenated alkanes) is 2. The first-order chi connectivity index (χ1) is 13.1. The minimum Gasteiger partial charge on any atom is -0.465 e. The largest absolute Gasteiger partial charge is 0.465 e. The summed E-state index contributed by atoms with van der Waals surface area (Å²) >= 11 is 0. The van der Waals surface area contributed by atoms with Gasteiger partial charge in [0.2, 0.25) is 0 Å². The van der Waals surface area contributed by atoms with E-state index in [1.807, 2.05) is 6.08 Å². The molecular weight excluding hydrogens is 344 g/mol. The number of esters is 1. The summed E-state index contributed by atoms with van der Waals surface area (Å²) in [6, 6.07) is 1.66. The number of carbonyl (C=O) groups is 1. The lowest BCUT2D eigenvalue weighted by atomic mass is 10.0. The zero-order valence-electron chi connectivity index (χ0n) is 15.4. The maximum absolute atomic E-state index is 11.5. The van der Waals surface area contributed by atoms with Crippen molar-refractivity contribution in [3.8, 4) is 23.7 Å². The third kappa shape index (κ3) is 6.71. The first kappa shape index (κ1) is 20.4. The molecule has 2 unspecified atom stereocenters. The molecule has 2 atom stereocenters. The fourth-order valence-corrected chi connectivity index (χ4v) is 2.35. The van der Waals surface area contributed by atoms with Gasteiger partial charge in [-0.1, -0.05) is 29.8 Å². The second-order valence-corrected chi connectivity index (χ2v) is 5.82. The van der Waals surface area contributed by atoms with Gasteiger partial charge in [-0.15, -0.1) is 0 Å². The number of rotatable bonds is 5. The zero-order valence-corrected chi connectivity index (χ0v) is 15.4. The minimum atomic E-state index is -0.860. The quantitative estimate of drug-likeness (QED) is 0.373. The van der Waals surface area contributed by atoms with Crippen LogP contribution in [0.1, 0.15) is 35.2 Å². The monoisotopic (exact) mass is 366 g/mol. The molecule has 1 aliphatic rings. The Bertz CT molecular complexity index is 837. The number of carbonyl (C=O) groups excluding carboxylic acids is 1. The van der Waals surface area contributed by atoms with Gasteiger partial charge in [-0.25, -0.2) is 4.79 Å². The van der Waals surface area contributed by atoms with Crippen LogP contribution < -0.4 is 0 Å². The third-order valence-corrected chi connectivity index (χ3v) is 3.78. The highest BCUT2D eigenvalue weighted by Crippen LogP contribution is 2.13. The number of ether oxygens (including phenoxy) is 2. The molecule has 0 fully saturated rings. The summed E-state index contributed by atoms with van der Waals surface area (Å²) in [6.45, 7) is 0.502. The van der Waals surface area contributed by atoms with Crippen LogP contribution >= 0.6 is 0 Å². The number of dihydropyridines is 1. The highest BCUT2D eigenvalue weighted by Gasteiger charge is 2.18. The lowest BCUT2D eigenvalue weighted by Gasteiger charge is -2.18. The highest BCUT2D eigenvalue weighted by atomic mass is 16.6. The number of aliphatic hydroxyl groups is 1. The van der Waals surface area contributed by atoms with Gasteiger partial charge in [-0.3, -0.25) is 9.98 Å². The third-order valence-electron chi connectivity index (χ3n) is 3.78. The number of aromatic nitrogens is 1. The van der Waals surface area contributed by atoms with Gasteiger partial charge in [0, 0.05) is 55.6 Å². The maximum Gasteiger partial charge on any atom is 0.339 e. The molecular formula is C21H22N2O4. The molecule has 1 aromatic heterocycles. The molecule has 0 bridgehead atoms. The van der Waals surface area contributed by atoms with E-state index in [0.29, 0.717) is 30.5 Å². The van der Waals surface area contributed by atoms with Crippen molar-refractivity contribution in [2.45, 2.75) is 25.6 Å². The molecule has 1 aliphatic heterocycles. The van der Waals surface area contributed by atoms with E-state index in [9.17, 15) is 9.90 Å².